The van der Waals surface area contributed by atoms with Crippen LogP contribution in [0.15, 0.2) is 41.3 Å². The number of anilines is 1. The number of carbonyl (C=O) groups is 1. The van der Waals surface area contributed by atoms with Gasteiger partial charge in [0.2, 0.25) is 5.91 Å². The molecule has 0 aliphatic carbocycles. The Morgan fingerprint density at radius 1 is 1.28 bits per heavy atom. The molecule has 1 aromatic carbocycles. The van der Waals surface area contributed by atoms with Gasteiger partial charge in [-0.3, -0.25) is 9.59 Å². The molecule has 0 atom stereocenters. The molecule has 0 saturated carbocycles. The van der Waals surface area contributed by atoms with Crippen LogP contribution in [0.2, 0.25) is 0 Å². The van der Waals surface area contributed by atoms with Crippen LogP contribution in [0.5, 0.6) is 0 Å². The molecule has 0 spiro atoms. The molecule has 5 nitrogen and oxygen atoms in total. The van der Waals surface area contributed by atoms with E-state index in [9.17, 15) is 22.8 Å². The van der Waals surface area contributed by atoms with Crippen molar-refractivity contribution in [3.63, 3.8) is 0 Å². The first kappa shape index (κ1) is 17.2. The molecule has 130 valence electrons. The summed E-state index contributed by atoms with van der Waals surface area (Å²) in [6, 6.07) is 7.09. The third kappa shape index (κ3) is 3.87. The fraction of sp³-hybridized carbons (Fsp3) is 0.188. The summed E-state index contributed by atoms with van der Waals surface area (Å²) in [6.07, 6.45) is -3.96. The minimum atomic E-state index is -4.59. The number of halogens is 3. The second-order valence-electron chi connectivity index (χ2n) is 5.42. The molecular formula is C16H12F3N3O2S. The molecule has 2 heterocycles. The maximum absolute atomic E-state index is 12.7. The molecule has 3 rings (SSSR count). The number of aromatic nitrogens is 2. The van der Waals surface area contributed by atoms with Crippen LogP contribution in [0, 0.1) is 6.92 Å². The molecule has 25 heavy (non-hydrogen) atoms. The van der Waals surface area contributed by atoms with Gasteiger partial charge in [-0.25, -0.2) is 4.98 Å². The highest BCUT2D eigenvalue weighted by Gasteiger charge is 2.31. The summed E-state index contributed by atoms with van der Waals surface area (Å²) < 4.78 is 39.7. The highest BCUT2D eigenvalue weighted by molar-refractivity contribution is 7.22. The van der Waals surface area contributed by atoms with Crippen LogP contribution in [-0.2, 0) is 17.5 Å². The zero-order chi connectivity index (χ0) is 18.2. The van der Waals surface area contributed by atoms with E-state index in [1.54, 1.807) is 0 Å². The summed E-state index contributed by atoms with van der Waals surface area (Å²) in [5, 5.41) is 2.84. The third-order valence-electron chi connectivity index (χ3n) is 3.42. The van der Waals surface area contributed by atoms with Gasteiger partial charge in [0.25, 0.3) is 5.56 Å². The summed E-state index contributed by atoms with van der Waals surface area (Å²) >= 11 is 1.25. The number of benzene rings is 1. The molecule has 0 fully saturated rings. The Hall–Kier alpha value is -2.68. The number of hydrogen-bond donors (Lipinski definition) is 1. The molecule has 9 heteroatoms. The first-order valence-corrected chi connectivity index (χ1v) is 7.99. The van der Waals surface area contributed by atoms with Crippen molar-refractivity contribution in [3.8, 4) is 0 Å². The van der Waals surface area contributed by atoms with Crippen molar-refractivity contribution in [1.29, 1.82) is 0 Å². The predicted molar refractivity (Wildman–Crippen MR) is 88.7 cm³/mol. The average Bonchev–Trinajstić information content (AvgIpc) is 2.89. The standard InChI is InChI=1S/C16H12F3N3O2S/c1-9-2-4-11-12(6-9)25-15(20-11)21-13(23)8-22-7-10(16(17,18)19)3-5-14(22)24/h2-7H,8H2,1H3,(H,20,21,23). The number of aryl methyl sites for hydroxylation is 1. The van der Waals surface area contributed by atoms with Crippen LogP contribution >= 0.6 is 11.3 Å². The van der Waals surface area contributed by atoms with Crippen molar-refractivity contribution in [2.75, 3.05) is 5.32 Å². The zero-order valence-corrected chi connectivity index (χ0v) is 13.7. The largest absolute Gasteiger partial charge is 0.417 e. The van der Waals surface area contributed by atoms with E-state index in [1.165, 1.54) is 11.3 Å². The van der Waals surface area contributed by atoms with E-state index >= 15 is 0 Å². The van der Waals surface area contributed by atoms with Crippen LogP contribution in [0.1, 0.15) is 11.1 Å². The molecule has 0 aliphatic heterocycles. The lowest BCUT2D eigenvalue weighted by molar-refractivity contribution is -0.138. The summed E-state index contributed by atoms with van der Waals surface area (Å²) in [5.41, 5.74) is 0.0742. The van der Waals surface area contributed by atoms with Gasteiger partial charge < -0.3 is 9.88 Å². The molecule has 3 aromatic rings. The number of nitrogens with one attached hydrogen (secondary N) is 1. The lowest BCUT2D eigenvalue weighted by Crippen LogP contribution is -2.28. The van der Waals surface area contributed by atoms with Gasteiger partial charge in [-0.15, -0.1) is 0 Å². The Bertz CT molecular complexity index is 1010. The SMILES string of the molecule is Cc1ccc2nc(NC(=O)Cn3cc(C(F)(F)F)ccc3=O)sc2c1. The van der Waals surface area contributed by atoms with Gasteiger partial charge >= 0.3 is 6.18 Å². The molecule has 0 unspecified atom stereocenters. The third-order valence-corrected chi connectivity index (χ3v) is 4.35. The molecule has 2 aromatic heterocycles. The number of rotatable bonds is 3. The van der Waals surface area contributed by atoms with Crippen molar-refractivity contribution in [2.24, 2.45) is 0 Å². The van der Waals surface area contributed by atoms with Gasteiger partial charge in [-0.1, -0.05) is 17.4 Å². The minimum Gasteiger partial charge on any atom is -0.305 e. The number of fused-ring (bicyclic) bond motifs is 1. The van der Waals surface area contributed by atoms with Crippen LogP contribution in [0.3, 0.4) is 0 Å². The Balaban J connectivity index is 1.79. The lowest BCUT2D eigenvalue weighted by Gasteiger charge is -2.10. The maximum atomic E-state index is 12.7. The Kier molecular flexibility index (Phi) is 4.34. The highest BCUT2D eigenvalue weighted by atomic mass is 32.1. The van der Waals surface area contributed by atoms with Crippen molar-refractivity contribution in [2.45, 2.75) is 19.6 Å². The van der Waals surface area contributed by atoms with Crippen LogP contribution in [0.25, 0.3) is 10.2 Å². The number of amides is 1. The van der Waals surface area contributed by atoms with Gasteiger partial charge in [0, 0.05) is 12.3 Å². The predicted octanol–water partition coefficient (Wildman–Crippen LogP) is 3.42. The zero-order valence-electron chi connectivity index (χ0n) is 12.9. The summed E-state index contributed by atoms with van der Waals surface area (Å²) in [6.45, 7) is 1.40. The second kappa shape index (κ2) is 6.32. The summed E-state index contributed by atoms with van der Waals surface area (Å²) in [4.78, 5) is 28.0. The summed E-state index contributed by atoms with van der Waals surface area (Å²) in [5.74, 6) is -0.628. The number of thiazole rings is 1. The van der Waals surface area contributed by atoms with Crippen LogP contribution < -0.4 is 10.9 Å². The molecule has 0 saturated heterocycles. The Morgan fingerprint density at radius 2 is 2.04 bits per heavy atom. The van der Waals surface area contributed by atoms with Gasteiger partial charge in [0.15, 0.2) is 5.13 Å². The van der Waals surface area contributed by atoms with Crippen LogP contribution in [0.4, 0.5) is 18.3 Å². The first-order chi connectivity index (χ1) is 11.7. The van der Waals surface area contributed by atoms with Crippen molar-refractivity contribution in [3.05, 3.63) is 58.0 Å². The number of alkyl halides is 3. The van der Waals surface area contributed by atoms with E-state index in [0.29, 0.717) is 22.9 Å². The van der Waals surface area contributed by atoms with E-state index in [2.05, 4.69) is 10.3 Å². The van der Waals surface area contributed by atoms with Crippen molar-refractivity contribution >= 4 is 32.6 Å². The van der Waals surface area contributed by atoms with Crippen LogP contribution in [-0.4, -0.2) is 15.5 Å². The first-order valence-electron chi connectivity index (χ1n) is 7.17. The number of pyridine rings is 1. The van der Waals surface area contributed by atoms with Gasteiger partial charge in [-0.05, 0) is 30.7 Å². The average molecular weight is 367 g/mol. The van der Waals surface area contributed by atoms with E-state index in [1.807, 2.05) is 25.1 Å². The number of carbonyl (C=O) groups excluding carboxylic acids is 1. The molecule has 0 bridgehead atoms. The van der Waals surface area contributed by atoms with E-state index < -0.39 is 29.8 Å². The Labute approximate surface area is 143 Å². The topological polar surface area (TPSA) is 64.0 Å². The van der Waals surface area contributed by atoms with Crippen molar-refractivity contribution < 1.29 is 18.0 Å². The van der Waals surface area contributed by atoms with Gasteiger partial charge in [0.05, 0.1) is 15.8 Å². The van der Waals surface area contributed by atoms with E-state index in [0.717, 1.165) is 20.9 Å². The smallest absolute Gasteiger partial charge is 0.305 e. The monoisotopic (exact) mass is 367 g/mol. The molecule has 0 radical (unpaired) electrons. The number of nitrogens with zero attached hydrogens (tertiary/aromatic N) is 2. The minimum absolute atomic E-state index is 0.325. The molecular weight excluding hydrogens is 355 g/mol. The van der Waals surface area contributed by atoms with Gasteiger partial charge in [-0.2, -0.15) is 13.2 Å². The fourth-order valence-corrected chi connectivity index (χ4v) is 3.20. The quantitative estimate of drug-likeness (QED) is 0.771. The van der Waals surface area contributed by atoms with Crippen molar-refractivity contribution in [1.82, 2.24) is 9.55 Å². The highest BCUT2D eigenvalue weighted by Crippen LogP contribution is 2.28. The lowest BCUT2D eigenvalue weighted by atomic mass is 10.2. The van der Waals surface area contributed by atoms with E-state index in [4.69, 9.17) is 0 Å². The second-order valence-corrected chi connectivity index (χ2v) is 6.45. The van der Waals surface area contributed by atoms with E-state index in [-0.39, 0.29) is 0 Å². The molecule has 1 amide bonds. The summed E-state index contributed by atoms with van der Waals surface area (Å²) in [7, 11) is 0. The normalized spacial score (nSPS) is 11.7. The molecule has 0 aliphatic rings. The fourth-order valence-electron chi connectivity index (χ4n) is 2.22. The van der Waals surface area contributed by atoms with Gasteiger partial charge in [0.1, 0.15) is 6.54 Å². The Morgan fingerprint density at radius 3 is 2.76 bits per heavy atom. The molecule has 1 N–H and O–H groups in total. The maximum Gasteiger partial charge on any atom is 0.417 e. The number of hydrogen-bond acceptors (Lipinski definition) is 4.